The number of hydrogen-bond donors (Lipinski definition) is 1. The van der Waals surface area contributed by atoms with Crippen LogP contribution in [0.5, 0.6) is 0 Å². The molecule has 1 N–H and O–H groups in total. The van der Waals surface area contributed by atoms with Crippen molar-refractivity contribution in [2.75, 3.05) is 5.88 Å². The van der Waals surface area contributed by atoms with Gasteiger partial charge in [0.15, 0.2) is 5.78 Å². The third-order valence-electron chi connectivity index (χ3n) is 1.84. The minimum Gasteiger partial charge on any atom is -0.481 e. The zero-order chi connectivity index (χ0) is 12.0. The topological polar surface area (TPSA) is 54.4 Å². The summed E-state index contributed by atoms with van der Waals surface area (Å²) in [5, 5.41) is 8.46. The number of thiophene rings is 1. The molecule has 86 valence electrons. The molecular weight excluding hydrogens is 248 g/mol. The average Bonchev–Trinajstić information content (AvgIpc) is 2.71. The number of carbonyl (C=O) groups excluding carboxylic acids is 1. The lowest BCUT2D eigenvalue weighted by molar-refractivity contribution is -0.136. The van der Waals surface area contributed by atoms with E-state index in [1.165, 1.54) is 11.3 Å². The van der Waals surface area contributed by atoms with E-state index in [1.54, 1.807) is 12.1 Å². The number of ketones is 1. The highest BCUT2D eigenvalue weighted by Gasteiger charge is 2.10. The zero-order valence-electron chi connectivity index (χ0n) is 8.48. The van der Waals surface area contributed by atoms with Gasteiger partial charge in [-0.2, -0.15) is 0 Å². The minimum absolute atomic E-state index is 0.0501. The van der Waals surface area contributed by atoms with Crippen molar-refractivity contribution < 1.29 is 14.7 Å². The van der Waals surface area contributed by atoms with Crippen molar-refractivity contribution in [2.24, 2.45) is 0 Å². The Morgan fingerprint density at radius 2 is 2.12 bits per heavy atom. The maximum Gasteiger partial charge on any atom is 0.303 e. The normalized spacial score (nSPS) is 10.8. The first-order valence-electron chi connectivity index (χ1n) is 4.71. The number of aliphatic carboxylic acids is 1. The average molecular weight is 259 g/mol. The molecule has 0 aliphatic carbocycles. The summed E-state index contributed by atoms with van der Waals surface area (Å²) in [5.41, 5.74) is 0. The van der Waals surface area contributed by atoms with Gasteiger partial charge in [0.05, 0.1) is 11.3 Å². The Bertz CT molecular complexity index is 409. The highest BCUT2D eigenvalue weighted by molar-refractivity contribution is 7.14. The number of allylic oxidation sites excluding steroid dienone is 1. The predicted octanol–water partition coefficient (Wildman–Crippen LogP) is 3.05. The molecular formula is C11H11ClO3S. The van der Waals surface area contributed by atoms with Crippen LogP contribution in [0.25, 0.3) is 6.08 Å². The van der Waals surface area contributed by atoms with E-state index in [9.17, 15) is 9.59 Å². The van der Waals surface area contributed by atoms with Crippen molar-refractivity contribution in [3.63, 3.8) is 0 Å². The van der Waals surface area contributed by atoms with Crippen LogP contribution in [-0.4, -0.2) is 22.7 Å². The summed E-state index contributed by atoms with van der Waals surface area (Å²) in [6.45, 7) is 0. The Balaban J connectivity index is 2.59. The third-order valence-corrected chi connectivity index (χ3v) is 3.11. The maximum atomic E-state index is 11.5. The molecule has 3 nitrogen and oxygen atoms in total. The largest absolute Gasteiger partial charge is 0.481 e. The van der Waals surface area contributed by atoms with Crippen molar-refractivity contribution in [3.8, 4) is 0 Å². The highest BCUT2D eigenvalue weighted by atomic mass is 35.5. The molecule has 0 bridgehead atoms. The Kier molecular flexibility index (Phi) is 5.22. The van der Waals surface area contributed by atoms with Gasteiger partial charge >= 0.3 is 5.97 Å². The van der Waals surface area contributed by atoms with Crippen LogP contribution in [-0.2, 0) is 4.79 Å². The van der Waals surface area contributed by atoms with Gasteiger partial charge in [-0.3, -0.25) is 9.59 Å². The van der Waals surface area contributed by atoms with Crippen LogP contribution in [0.2, 0.25) is 0 Å². The van der Waals surface area contributed by atoms with Gasteiger partial charge in [-0.15, -0.1) is 22.9 Å². The fourth-order valence-electron chi connectivity index (χ4n) is 1.10. The van der Waals surface area contributed by atoms with E-state index in [-0.39, 0.29) is 18.6 Å². The molecule has 16 heavy (non-hydrogen) atoms. The van der Waals surface area contributed by atoms with Gasteiger partial charge in [-0.05, 0) is 18.2 Å². The van der Waals surface area contributed by atoms with Gasteiger partial charge in [0.25, 0.3) is 0 Å². The number of alkyl halides is 1. The van der Waals surface area contributed by atoms with E-state index in [4.69, 9.17) is 16.7 Å². The predicted molar refractivity (Wildman–Crippen MR) is 65.3 cm³/mol. The molecule has 0 unspecified atom stereocenters. The smallest absolute Gasteiger partial charge is 0.303 e. The van der Waals surface area contributed by atoms with Crippen LogP contribution in [0.1, 0.15) is 27.4 Å². The molecule has 1 aromatic rings. The fourth-order valence-corrected chi connectivity index (χ4v) is 2.09. The van der Waals surface area contributed by atoms with Crippen molar-refractivity contribution in [1.29, 1.82) is 0 Å². The second-order valence-corrected chi connectivity index (χ2v) is 4.50. The summed E-state index contributed by atoms with van der Waals surface area (Å²) >= 11 is 6.84. The second kappa shape index (κ2) is 6.45. The lowest BCUT2D eigenvalue weighted by atomic mass is 10.2. The first-order valence-corrected chi connectivity index (χ1v) is 6.06. The molecule has 0 saturated carbocycles. The number of carboxylic acid groups (broad SMARTS) is 1. The molecule has 0 atom stereocenters. The highest BCUT2D eigenvalue weighted by Crippen LogP contribution is 2.20. The van der Waals surface area contributed by atoms with Gasteiger partial charge in [0.2, 0.25) is 0 Å². The summed E-state index contributed by atoms with van der Waals surface area (Å²) in [5.74, 6) is -0.648. The molecule has 0 spiro atoms. The minimum atomic E-state index is -0.952. The molecule has 1 heterocycles. The van der Waals surface area contributed by atoms with E-state index in [1.807, 2.05) is 12.1 Å². The lowest BCUT2D eigenvalue weighted by Crippen LogP contribution is -2.01. The van der Waals surface area contributed by atoms with Gasteiger partial charge in [-0.25, -0.2) is 0 Å². The summed E-state index contributed by atoms with van der Waals surface area (Å²) in [6, 6.07) is 3.53. The molecule has 5 heteroatoms. The first-order chi connectivity index (χ1) is 7.63. The molecule has 0 fully saturated rings. The van der Waals surface area contributed by atoms with E-state index < -0.39 is 5.97 Å². The number of rotatable bonds is 6. The molecule has 0 amide bonds. The standard InChI is InChI=1S/C11H11ClO3S/c12-7-1-2-8-3-5-10(16-8)9(13)4-6-11(14)15/h1-3,5H,4,6-7H2,(H,14,15). The monoisotopic (exact) mass is 258 g/mol. The number of halogens is 1. The number of Topliss-reactive ketones (excluding diaryl/α,β-unsaturated/α-hetero) is 1. The van der Waals surface area contributed by atoms with E-state index in [2.05, 4.69) is 0 Å². The Labute approximate surface area is 102 Å². The van der Waals surface area contributed by atoms with Crippen LogP contribution in [0.4, 0.5) is 0 Å². The molecule has 0 saturated heterocycles. The molecule has 0 aliphatic rings. The SMILES string of the molecule is O=C(O)CCC(=O)c1ccc(C=CCCl)s1. The maximum absolute atomic E-state index is 11.5. The van der Waals surface area contributed by atoms with Gasteiger partial charge < -0.3 is 5.11 Å². The quantitative estimate of drug-likeness (QED) is 0.630. The summed E-state index contributed by atoms with van der Waals surface area (Å²) in [6.07, 6.45) is 3.56. The third kappa shape index (κ3) is 4.16. The van der Waals surface area contributed by atoms with Crippen LogP contribution < -0.4 is 0 Å². The first kappa shape index (κ1) is 12.9. The van der Waals surface area contributed by atoms with E-state index in [0.29, 0.717) is 10.8 Å². The summed E-state index contributed by atoms with van der Waals surface area (Å²) in [4.78, 5) is 23.4. The van der Waals surface area contributed by atoms with Crippen LogP contribution in [0.3, 0.4) is 0 Å². The van der Waals surface area contributed by atoms with Crippen LogP contribution >= 0.6 is 22.9 Å². The molecule has 1 aromatic heterocycles. The van der Waals surface area contributed by atoms with Crippen molar-refractivity contribution in [3.05, 3.63) is 28.0 Å². The molecule has 1 rings (SSSR count). The van der Waals surface area contributed by atoms with Crippen molar-refractivity contribution in [1.82, 2.24) is 0 Å². The number of carboxylic acids is 1. The second-order valence-electron chi connectivity index (χ2n) is 3.08. The summed E-state index contributed by atoms with van der Waals surface area (Å²) < 4.78 is 0. The van der Waals surface area contributed by atoms with E-state index >= 15 is 0 Å². The van der Waals surface area contributed by atoms with E-state index in [0.717, 1.165) is 4.88 Å². The number of hydrogen-bond acceptors (Lipinski definition) is 3. The molecule has 0 aromatic carbocycles. The van der Waals surface area contributed by atoms with Crippen molar-refractivity contribution in [2.45, 2.75) is 12.8 Å². The van der Waals surface area contributed by atoms with Gasteiger partial charge in [-0.1, -0.05) is 6.08 Å². The molecule has 0 aliphatic heterocycles. The van der Waals surface area contributed by atoms with Crippen LogP contribution in [0, 0.1) is 0 Å². The number of carbonyl (C=O) groups is 2. The van der Waals surface area contributed by atoms with Crippen molar-refractivity contribution >= 4 is 40.8 Å². The van der Waals surface area contributed by atoms with Crippen LogP contribution in [0.15, 0.2) is 18.2 Å². The lowest BCUT2D eigenvalue weighted by Gasteiger charge is -1.93. The Hall–Kier alpha value is -1.13. The zero-order valence-corrected chi connectivity index (χ0v) is 10.1. The summed E-state index contributed by atoms with van der Waals surface area (Å²) in [7, 11) is 0. The van der Waals surface area contributed by atoms with Gasteiger partial charge in [0, 0.05) is 17.2 Å². The van der Waals surface area contributed by atoms with Gasteiger partial charge in [0.1, 0.15) is 0 Å². The molecule has 0 radical (unpaired) electrons. The Morgan fingerprint density at radius 1 is 1.38 bits per heavy atom. The fraction of sp³-hybridized carbons (Fsp3) is 0.273. The Morgan fingerprint density at radius 3 is 2.75 bits per heavy atom.